The lowest BCUT2D eigenvalue weighted by molar-refractivity contribution is -0.140. The molecule has 43 heavy (non-hydrogen) atoms. The summed E-state index contributed by atoms with van der Waals surface area (Å²) in [6.07, 6.45) is 5.47. The Hall–Kier alpha value is -3.56. The second-order valence-corrected chi connectivity index (χ2v) is 13.2. The number of benzene rings is 3. The molecular weight excluding hydrogens is 586 g/mol. The van der Waals surface area contributed by atoms with Gasteiger partial charge in [-0.3, -0.25) is 13.9 Å². The number of rotatable bonds is 12. The maximum Gasteiger partial charge on any atom is 0.264 e. The van der Waals surface area contributed by atoms with Crippen LogP contribution >= 0.6 is 11.6 Å². The van der Waals surface area contributed by atoms with E-state index in [4.69, 9.17) is 16.3 Å². The number of amides is 2. The van der Waals surface area contributed by atoms with Gasteiger partial charge in [0, 0.05) is 12.6 Å². The molecule has 2 amide bonds. The first kappa shape index (κ1) is 32.4. The van der Waals surface area contributed by atoms with Crippen molar-refractivity contribution in [2.24, 2.45) is 0 Å². The largest absolute Gasteiger partial charge is 0.495 e. The van der Waals surface area contributed by atoms with Gasteiger partial charge in [-0.05, 0) is 62.1 Å². The minimum absolute atomic E-state index is 0.0295. The summed E-state index contributed by atoms with van der Waals surface area (Å²) in [5.74, 6) is -0.349. The Bertz CT molecular complexity index is 1490. The highest BCUT2D eigenvalue weighted by Crippen LogP contribution is 2.32. The molecule has 1 atom stereocenters. The molecule has 0 spiro atoms. The van der Waals surface area contributed by atoms with E-state index in [1.54, 1.807) is 30.3 Å². The van der Waals surface area contributed by atoms with Gasteiger partial charge in [-0.2, -0.15) is 0 Å². The second-order valence-electron chi connectivity index (χ2n) is 10.9. The molecule has 0 aliphatic heterocycles. The van der Waals surface area contributed by atoms with Crippen molar-refractivity contribution in [2.75, 3.05) is 18.0 Å². The summed E-state index contributed by atoms with van der Waals surface area (Å²) >= 11 is 6.40. The van der Waals surface area contributed by atoms with E-state index >= 15 is 0 Å². The standard InChI is InChI=1S/C33H40ClN3O5S/c1-4-30(33(39)35-26-11-7-5-8-12-26)36(22-25-17-15-24(2)16-18-25)32(38)23-37(27-19-20-31(42-3)29(34)21-27)43(40,41)28-13-9-6-10-14-28/h6,9-10,13-21,26,30H,4-5,7-8,11-12,22-23H2,1-3H3,(H,35,39). The van der Waals surface area contributed by atoms with Crippen LogP contribution in [-0.4, -0.2) is 50.9 Å². The zero-order valence-electron chi connectivity index (χ0n) is 25.0. The van der Waals surface area contributed by atoms with Gasteiger partial charge in [0.05, 0.1) is 22.7 Å². The minimum Gasteiger partial charge on any atom is -0.495 e. The number of anilines is 1. The van der Waals surface area contributed by atoms with Crippen LogP contribution in [0, 0.1) is 6.92 Å². The number of halogens is 1. The van der Waals surface area contributed by atoms with Gasteiger partial charge >= 0.3 is 0 Å². The van der Waals surface area contributed by atoms with Crippen LogP contribution in [0.15, 0.2) is 77.7 Å². The van der Waals surface area contributed by atoms with Crippen molar-refractivity contribution in [3.8, 4) is 5.75 Å². The molecule has 1 N–H and O–H groups in total. The van der Waals surface area contributed by atoms with Crippen molar-refractivity contribution < 1.29 is 22.7 Å². The number of methoxy groups -OCH3 is 1. The Labute approximate surface area is 260 Å². The van der Waals surface area contributed by atoms with E-state index in [9.17, 15) is 18.0 Å². The van der Waals surface area contributed by atoms with Crippen LogP contribution in [0.1, 0.15) is 56.6 Å². The molecule has 230 valence electrons. The van der Waals surface area contributed by atoms with Crippen LogP contribution in [0.25, 0.3) is 0 Å². The van der Waals surface area contributed by atoms with E-state index in [1.165, 1.54) is 30.2 Å². The van der Waals surface area contributed by atoms with Crippen molar-refractivity contribution in [1.82, 2.24) is 10.2 Å². The lowest BCUT2D eigenvalue weighted by Gasteiger charge is -2.34. The Kier molecular flexibility index (Phi) is 11.1. The molecule has 1 saturated carbocycles. The second kappa shape index (κ2) is 14.8. The topological polar surface area (TPSA) is 96.0 Å². The van der Waals surface area contributed by atoms with Crippen LogP contribution in [0.5, 0.6) is 5.75 Å². The predicted octanol–water partition coefficient (Wildman–Crippen LogP) is 6.11. The fourth-order valence-corrected chi connectivity index (χ4v) is 7.09. The molecule has 10 heteroatoms. The summed E-state index contributed by atoms with van der Waals surface area (Å²) in [7, 11) is -2.72. The highest BCUT2D eigenvalue weighted by Gasteiger charge is 2.34. The van der Waals surface area contributed by atoms with Gasteiger partial charge in [0.25, 0.3) is 10.0 Å². The average molecular weight is 626 g/mol. The molecule has 1 unspecified atom stereocenters. The smallest absolute Gasteiger partial charge is 0.264 e. The zero-order chi connectivity index (χ0) is 31.0. The van der Waals surface area contributed by atoms with Gasteiger partial charge in [0.2, 0.25) is 11.8 Å². The Balaban J connectivity index is 1.72. The van der Waals surface area contributed by atoms with E-state index < -0.39 is 28.5 Å². The zero-order valence-corrected chi connectivity index (χ0v) is 26.5. The molecule has 0 radical (unpaired) electrons. The van der Waals surface area contributed by atoms with Crippen molar-refractivity contribution in [3.63, 3.8) is 0 Å². The molecule has 0 heterocycles. The SMILES string of the molecule is CCC(C(=O)NC1CCCCC1)N(Cc1ccc(C)cc1)C(=O)CN(c1ccc(OC)c(Cl)c1)S(=O)(=O)c1ccccc1. The summed E-state index contributed by atoms with van der Waals surface area (Å²) < 4.78 is 34.3. The number of nitrogens with zero attached hydrogens (tertiary/aromatic N) is 2. The summed E-state index contributed by atoms with van der Waals surface area (Å²) in [5, 5.41) is 3.37. The number of carbonyl (C=O) groups is 2. The monoisotopic (exact) mass is 625 g/mol. The number of ether oxygens (including phenoxy) is 1. The maximum atomic E-state index is 14.3. The molecule has 4 rings (SSSR count). The quantitative estimate of drug-likeness (QED) is 0.262. The van der Waals surface area contributed by atoms with Crippen LogP contribution in [0.4, 0.5) is 5.69 Å². The molecule has 8 nitrogen and oxygen atoms in total. The Morgan fingerprint density at radius 3 is 2.28 bits per heavy atom. The van der Waals surface area contributed by atoms with E-state index in [0.717, 1.165) is 47.5 Å². The fourth-order valence-electron chi connectivity index (χ4n) is 5.41. The van der Waals surface area contributed by atoms with Crippen LogP contribution in [-0.2, 0) is 26.2 Å². The highest BCUT2D eigenvalue weighted by atomic mass is 35.5. The Morgan fingerprint density at radius 1 is 1.00 bits per heavy atom. The first-order valence-corrected chi connectivity index (χ1v) is 16.5. The number of aryl methyl sites for hydroxylation is 1. The van der Waals surface area contributed by atoms with Gasteiger partial charge in [-0.15, -0.1) is 0 Å². The predicted molar refractivity (Wildman–Crippen MR) is 170 cm³/mol. The average Bonchev–Trinajstić information content (AvgIpc) is 3.01. The molecule has 3 aromatic carbocycles. The van der Waals surface area contributed by atoms with Gasteiger partial charge in [0.1, 0.15) is 18.3 Å². The molecule has 1 aliphatic rings. The summed E-state index contributed by atoms with van der Waals surface area (Å²) in [6.45, 7) is 3.46. The van der Waals surface area contributed by atoms with Gasteiger partial charge in [-0.1, -0.05) is 85.8 Å². The normalized spacial score (nSPS) is 14.5. The third-order valence-corrected chi connectivity index (χ3v) is 9.93. The van der Waals surface area contributed by atoms with Crippen molar-refractivity contribution in [2.45, 2.75) is 75.9 Å². The minimum atomic E-state index is -4.19. The third kappa shape index (κ3) is 8.09. The molecule has 0 saturated heterocycles. The Morgan fingerprint density at radius 2 is 1.67 bits per heavy atom. The molecule has 0 bridgehead atoms. The van der Waals surface area contributed by atoms with E-state index in [1.807, 2.05) is 38.1 Å². The van der Waals surface area contributed by atoms with Crippen molar-refractivity contribution in [3.05, 3.63) is 88.9 Å². The number of hydrogen-bond donors (Lipinski definition) is 1. The van der Waals surface area contributed by atoms with Gasteiger partial charge < -0.3 is 15.0 Å². The van der Waals surface area contributed by atoms with Crippen molar-refractivity contribution in [1.29, 1.82) is 0 Å². The maximum absolute atomic E-state index is 14.3. The number of nitrogens with one attached hydrogen (secondary N) is 1. The number of carbonyl (C=O) groups excluding carboxylic acids is 2. The first-order chi connectivity index (χ1) is 20.6. The first-order valence-electron chi connectivity index (χ1n) is 14.7. The molecular formula is C33H40ClN3O5S. The summed E-state index contributed by atoms with van der Waals surface area (Å²) in [6, 6.07) is 19.5. The van der Waals surface area contributed by atoms with Gasteiger partial charge in [0.15, 0.2) is 0 Å². The summed E-state index contributed by atoms with van der Waals surface area (Å²) in [5.41, 5.74) is 2.12. The molecule has 1 aliphatic carbocycles. The van der Waals surface area contributed by atoms with Crippen LogP contribution < -0.4 is 14.4 Å². The van der Waals surface area contributed by atoms with Crippen LogP contribution in [0.3, 0.4) is 0 Å². The van der Waals surface area contributed by atoms with E-state index in [-0.39, 0.29) is 34.1 Å². The van der Waals surface area contributed by atoms with Gasteiger partial charge in [-0.25, -0.2) is 8.42 Å². The third-order valence-electron chi connectivity index (χ3n) is 7.84. The number of sulfonamides is 1. The van der Waals surface area contributed by atoms with Crippen LogP contribution in [0.2, 0.25) is 5.02 Å². The molecule has 3 aromatic rings. The fraction of sp³-hybridized carbons (Fsp3) is 0.394. The lowest BCUT2D eigenvalue weighted by atomic mass is 9.95. The molecule has 0 aromatic heterocycles. The van der Waals surface area contributed by atoms with E-state index in [0.29, 0.717) is 12.2 Å². The number of hydrogen-bond acceptors (Lipinski definition) is 5. The highest BCUT2D eigenvalue weighted by molar-refractivity contribution is 7.92. The molecule has 1 fully saturated rings. The summed E-state index contributed by atoms with van der Waals surface area (Å²) in [4.78, 5) is 29.4. The lowest BCUT2D eigenvalue weighted by Crippen LogP contribution is -2.54. The van der Waals surface area contributed by atoms with E-state index in [2.05, 4.69) is 5.32 Å². The van der Waals surface area contributed by atoms with Crippen molar-refractivity contribution >= 4 is 39.1 Å².